The van der Waals surface area contributed by atoms with E-state index in [-0.39, 0.29) is 30.3 Å². The smallest absolute Gasteiger partial charge is 0.410 e. The molecule has 10 heteroatoms. The van der Waals surface area contributed by atoms with Crippen molar-refractivity contribution in [3.05, 3.63) is 29.8 Å². The van der Waals surface area contributed by atoms with Crippen LogP contribution in [0.5, 0.6) is 5.75 Å². The molecule has 0 aromatic heterocycles. The molecule has 2 heterocycles. The Kier molecular flexibility index (Phi) is 7.20. The maximum atomic E-state index is 13.1. The van der Waals surface area contributed by atoms with Crippen molar-refractivity contribution in [2.45, 2.75) is 51.9 Å². The molecule has 0 radical (unpaired) electrons. The third-order valence-electron chi connectivity index (χ3n) is 5.38. The van der Waals surface area contributed by atoms with Crippen molar-refractivity contribution in [3.8, 4) is 5.75 Å². The van der Waals surface area contributed by atoms with Gasteiger partial charge in [0.25, 0.3) is 5.91 Å². The third-order valence-corrected chi connectivity index (χ3v) is 5.38. The van der Waals surface area contributed by atoms with Crippen LogP contribution in [0.25, 0.3) is 0 Å². The molecule has 32 heavy (non-hydrogen) atoms. The minimum atomic E-state index is -3.03. The van der Waals surface area contributed by atoms with Crippen LogP contribution in [-0.4, -0.2) is 83.6 Å². The van der Waals surface area contributed by atoms with Crippen LogP contribution in [0, 0.1) is 0 Å². The van der Waals surface area contributed by atoms with Crippen molar-refractivity contribution in [2.75, 3.05) is 32.7 Å². The van der Waals surface area contributed by atoms with E-state index in [1.807, 2.05) is 0 Å². The van der Waals surface area contributed by atoms with Gasteiger partial charge in [-0.25, -0.2) is 4.79 Å². The Morgan fingerprint density at radius 1 is 1.00 bits per heavy atom. The van der Waals surface area contributed by atoms with Gasteiger partial charge < -0.3 is 19.3 Å². The largest absolute Gasteiger partial charge is 0.444 e. The summed E-state index contributed by atoms with van der Waals surface area (Å²) in [7, 11) is 0. The number of carbonyl (C=O) groups excluding carboxylic acids is 3. The Morgan fingerprint density at radius 2 is 1.62 bits per heavy atom. The molecule has 0 spiro atoms. The summed E-state index contributed by atoms with van der Waals surface area (Å²) in [6.45, 7) is 3.86. The Morgan fingerprint density at radius 3 is 2.25 bits per heavy atom. The molecule has 3 amide bonds. The molecular formula is C22H29F2N3O5. The second-order valence-corrected chi connectivity index (χ2v) is 8.82. The zero-order chi connectivity index (χ0) is 23.5. The van der Waals surface area contributed by atoms with Crippen LogP contribution in [0.2, 0.25) is 0 Å². The van der Waals surface area contributed by atoms with Crippen LogP contribution in [0.3, 0.4) is 0 Å². The van der Waals surface area contributed by atoms with Crippen LogP contribution < -0.4 is 4.74 Å². The van der Waals surface area contributed by atoms with Crippen LogP contribution in [0.1, 0.15) is 44.0 Å². The summed E-state index contributed by atoms with van der Waals surface area (Å²) in [6, 6.07) is 5.28. The summed E-state index contributed by atoms with van der Waals surface area (Å²) in [4.78, 5) is 43.0. The number of alkyl halides is 2. The van der Waals surface area contributed by atoms with Gasteiger partial charge in [0.05, 0.1) is 5.56 Å². The lowest BCUT2D eigenvalue weighted by atomic mass is 10.1. The number of carbonyl (C=O) groups is 3. The monoisotopic (exact) mass is 453 g/mol. The fraction of sp³-hybridized carbons (Fsp3) is 0.591. The van der Waals surface area contributed by atoms with E-state index in [4.69, 9.17) is 4.74 Å². The Labute approximate surface area is 186 Å². The number of ether oxygens (including phenoxy) is 2. The standard InChI is InChI=1S/C22H29F2N3O5/c1-22(2,3)32-21(30)27-10-6-8-16(27)19(29)26-13-11-25(12-14-26)18(28)15-7-4-5-9-17(15)31-20(23)24/h4-5,7,9,16,20H,6,8,10-14H2,1-3H3/t16-/m1/s1. The molecule has 2 aliphatic heterocycles. The zero-order valence-electron chi connectivity index (χ0n) is 18.6. The maximum Gasteiger partial charge on any atom is 0.410 e. The molecule has 0 N–H and O–H groups in total. The van der Waals surface area contributed by atoms with Gasteiger partial charge in [0, 0.05) is 32.7 Å². The maximum absolute atomic E-state index is 13.1. The van der Waals surface area contributed by atoms with E-state index in [9.17, 15) is 23.2 Å². The molecule has 176 valence electrons. The Balaban J connectivity index is 1.60. The first-order chi connectivity index (χ1) is 15.1. The van der Waals surface area contributed by atoms with Gasteiger partial charge >= 0.3 is 12.7 Å². The Hall–Kier alpha value is -2.91. The highest BCUT2D eigenvalue weighted by molar-refractivity contribution is 5.97. The number of rotatable bonds is 4. The van der Waals surface area contributed by atoms with Gasteiger partial charge in [-0.3, -0.25) is 14.5 Å². The van der Waals surface area contributed by atoms with E-state index in [1.165, 1.54) is 28.0 Å². The predicted molar refractivity (Wildman–Crippen MR) is 112 cm³/mol. The molecular weight excluding hydrogens is 424 g/mol. The summed E-state index contributed by atoms with van der Waals surface area (Å²) in [6.07, 6.45) is 0.780. The van der Waals surface area contributed by atoms with Gasteiger partial charge in [-0.1, -0.05) is 12.1 Å². The van der Waals surface area contributed by atoms with E-state index in [0.717, 1.165) is 6.42 Å². The quantitative estimate of drug-likeness (QED) is 0.701. The van der Waals surface area contributed by atoms with E-state index < -0.39 is 30.3 Å². The van der Waals surface area contributed by atoms with Gasteiger partial charge in [-0.2, -0.15) is 8.78 Å². The number of benzene rings is 1. The molecule has 0 saturated carbocycles. The number of para-hydroxylation sites is 1. The SMILES string of the molecule is CC(C)(C)OC(=O)N1CCC[C@@H]1C(=O)N1CCN(C(=O)c2ccccc2OC(F)F)CC1. The lowest BCUT2D eigenvalue weighted by molar-refractivity contribution is -0.137. The van der Waals surface area contributed by atoms with Crippen molar-refractivity contribution in [3.63, 3.8) is 0 Å². The molecule has 1 aromatic carbocycles. The molecule has 1 aromatic rings. The summed E-state index contributed by atoms with van der Waals surface area (Å²) < 4.78 is 35.2. The number of halogens is 2. The number of nitrogens with zero attached hydrogens (tertiary/aromatic N) is 3. The highest BCUT2D eigenvalue weighted by Gasteiger charge is 2.39. The van der Waals surface area contributed by atoms with Crippen molar-refractivity contribution < 1.29 is 32.6 Å². The first kappa shape index (κ1) is 23.7. The van der Waals surface area contributed by atoms with Crippen LogP contribution in [-0.2, 0) is 9.53 Å². The van der Waals surface area contributed by atoms with Gasteiger partial charge in [0.15, 0.2) is 0 Å². The molecule has 3 rings (SSSR count). The number of likely N-dealkylation sites (tertiary alicyclic amines) is 1. The fourth-order valence-corrected chi connectivity index (χ4v) is 3.92. The van der Waals surface area contributed by atoms with E-state index in [0.29, 0.717) is 26.1 Å². The van der Waals surface area contributed by atoms with Crippen LogP contribution in [0.15, 0.2) is 24.3 Å². The molecule has 1 atom stereocenters. The summed E-state index contributed by atoms with van der Waals surface area (Å²) in [5.41, 5.74) is -0.594. The molecule has 0 bridgehead atoms. The zero-order valence-corrected chi connectivity index (χ0v) is 18.6. The topological polar surface area (TPSA) is 79.4 Å². The van der Waals surface area contributed by atoms with Gasteiger partial charge in [0.1, 0.15) is 17.4 Å². The first-order valence-electron chi connectivity index (χ1n) is 10.7. The minimum absolute atomic E-state index is 0.0551. The molecule has 2 fully saturated rings. The van der Waals surface area contributed by atoms with Gasteiger partial charge in [-0.05, 0) is 45.7 Å². The predicted octanol–water partition coefficient (Wildman–Crippen LogP) is 2.97. The fourth-order valence-electron chi connectivity index (χ4n) is 3.92. The Bertz CT molecular complexity index is 850. The number of hydrogen-bond acceptors (Lipinski definition) is 5. The van der Waals surface area contributed by atoms with Crippen molar-refractivity contribution >= 4 is 17.9 Å². The summed E-state index contributed by atoms with van der Waals surface area (Å²) in [5.74, 6) is -0.767. The van der Waals surface area contributed by atoms with Crippen molar-refractivity contribution in [2.24, 2.45) is 0 Å². The molecule has 0 aliphatic carbocycles. The number of piperazine rings is 1. The second kappa shape index (κ2) is 9.70. The average molecular weight is 453 g/mol. The van der Waals surface area contributed by atoms with Crippen LogP contribution >= 0.6 is 0 Å². The third kappa shape index (κ3) is 5.66. The molecule has 2 saturated heterocycles. The summed E-state index contributed by atoms with van der Waals surface area (Å²) >= 11 is 0. The second-order valence-electron chi connectivity index (χ2n) is 8.82. The van der Waals surface area contributed by atoms with E-state index >= 15 is 0 Å². The van der Waals surface area contributed by atoms with Gasteiger partial charge in [-0.15, -0.1) is 0 Å². The number of hydrogen-bond donors (Lipinski definition) is 0. The van der Waals surface area contributed by atoms with Crippen molar-refractivity contribution in [1.82, 2.24) is 14.7 Å². The number of amides is 3. The highest BCUT2D eigenvalue weighted by atomic mass is 19.3. The summed E-state index contributed by atoms with van der Waals surface area (Å²) in [5, 5.41) is 0. The minimum Gasteiger partial charge on any atom is -0.444 e. The van der Waals surface area contributed by atoms with Crippen LogP contribution in [0.4, 0.5) is 13.6 Å². The molecule has 0 unspecified atom stereocenters. The highest BCUT2D eigenvalue weighted by Crippen LogP contribution is 2.25. The van der Waals surface area contributed by atoms with E-state index in [2.05, 4.69) is 4.74 Å². The first-order valence-corrected chi connectivity index (χ1v) is 10.7. The van der Waals surface area contributed by atoms with E-state index in [1.54, 1.807) is 31.7 Å². The molecule has 8 nitrogen and oxygen atoms in total. The lowest BCUT2D eigenvalue weighted by Gasteiger charge is -2.37. The lowest BCUT2D eigenvalue weighted by Crippen LogP contribution is -2.55. The van der Waals surface area contributed by atoms with Gasteiger partial charge in [0.2, 0.25) is 5.91 Å². The normalized spacial score (nSPS) is 19.3. The molecule has 2 aliphatic rings. The van der Waals surface area contributed by atoms with Crippen molar-refractivity contribution in [1.29, 1.82) is 0 Å². The average Bonchev–Trinajstić information content (AvgIpc) is 3.22.